The first kappa shape index (κ1) is 14.6. The van der Waals surface area contributed by atoms with E-state index in [-0.39, 0.29) is 0 Å². The van der Waals surface area contributed by atoms with Crippen molar-refractivity contribution in [2.24, 2.45) is 5.92 Å². The maximum atomic E-state index is 3.80. The quantitative estimate of drug-likeness (QED) is 0.798. The van der Waals surface area contributed by atoms with E-state index < -0.39 is 0 Å². The van der Waals surface area contributed by atoms with E-state index in [1.165, 1.54) is 55.2 Å². The standard InChI is InChI=1S/C18H29N/c1-4-9-19-18(17-7-5-6-8-17)13-16-11-14(2)10-15(3)12-16/h10-12,17-19H,4-9,13H2,1-3H3. The van der Waals surface area contributed by atoms with Gasteiger partial charge in [0.25, 0.3) is 0 Å². The first-order valence-corrected chi connectivity index (χ1v) is 7.99. The topological polar surface area (TPSA) is 12.0 Å². The zero-order valence-corrected chi connectivity index (χ0v) is 12.8. The second-order valence-electron chi connectivity index (χ2n) is 6.31. The van der Waals surface area contributed by atoms with Crippen LogP contribution in [0.2, 0.25) is 0 Å². The van der Waals surface area contributed by atoms with E-state index in [9.17, 15) is 0 Å². The number of hydrogen-bond donors (Lipinski definition) is 1. The van der Waals surface area contributed by atoms with Crippen molar-refractivity contribution in [1.29, 1.82) is 0 Å². The van der Waals surface area contributed by atoms with Crippen LogP contribution in [0.3, 0.4) is 0 Å². The maximum Gasteiger partial charge on any atom is 0.0136 e. The highest BCUT2D eigenvalue weighted by molar-refractivity contribution is 5.29. The van der Waals surface area contributed by atoms with E-state index in [4.69, 9.17) is 0 Å². The summed E-state index contributed by atoms with van der Waals surface area (Å²) in [6, 6.07) is 7.68. The predicted molar refractivity (Wildman–Crippen MR) is 83.7 cm³/mol. The van der Waals surface area contributed by atoms with Crippen molar-refractivity contribution in [3.8, 4) is 0 Å². The predicted octanol–water partition coefficient (Wildman–Crippen LogP) is 4.40. The molecule has 1 saturated carbocycles. The number of nitrogens with one attached hydrogen (secondary N) is 1. The van der Waals surface area contributed by atoms with Crippen LogP contribution in [0.5, 0.6) is 0 Å². The Bertz CT molecular complexity index is 370. The molecule has 0 radical (unpaired) electrons. The summed E-state index contributed by atoms with van der Waals surface area (Å²) in [5, 5.41) is 3.80. The zero-order chi connectivity index (χ0) is 13.7. The lowest BCUT2D eigenvalue weighted by Gasteiger charge is -2.25. The van der Waals surface area contributed by atoms with E-state index in [2.05, 4.69) is 44.3 Å². The second-order valence-corrected chi connectivity index (χ2v) is 6.31. The molecule has 1 unspecified atom stereocenters. The molecule has 1 aromatic carbocycles. The van der Waals surface area contributed by atoms with Gasteiger partial charge in [0.1, 0.15) is 0 Å². The summed E-state index contributed by atoms with van der Waals surface area (Å²) in [6.07, 6.45) is 8.14. The van der Waals surface area contributed by atoms with E-state index in [1.807, 2.05) is 0 Å². The summed E-state index contributed by atoms with van der Waals surface area (Å²) in [7, 11) is 0. The molecule has 1 aliphatic rings. The normalized spacial score (nSPS) is 17.8. The SMILES string of the molecule is CCCNC(Cc1cc(C)cc(C)c1)C1CCCC1. The molecule has 0 aromatic heterocycles. The third kappa shape index (κ3) is 4.35. The Morgan fingerprint density at radius 2 is 1.74 bits per heavy atom. The molecule has 1 fully saturated rings. The van der Waals surface area contributed by atoms with Gasteiger partial charge in [-0.3, -0.25) is 0 Å². The van der Waals surface area contributed by atoms with Gasteiger partial charge in [-0.2, -0.15) is 0 Å². The molecule has 0 spiro atoms. The molecule has 0 amide bonds. The molecular formula is C18H29N. The van der Waals surface area contributed by atoms with Crippen LogP contribution in [0.25, 0.3) is 0 Å². The van der Waals surface area contributed by atoms with Gasteiger partial charge in [0.05, 0.1) is 0 Å². The van der Waals surface area contributed by atoms with E-state index in [1.54, 1.807) is 0 Å². The lowest BCUT2D eigenvalue weighted by Crippen LogP contribution is -2.37. The number of benzene rings is 1. The van der Waals surface area contributed by atoms with Crippen LogP contribution in [0, 0.1) is 19.8 Å². The van der Waals surface area contributed by atoms with Crippen molar-refractivity contribution in [2.45, 2.75) is 65.3 Å². The minimum Gasteiger partial charge on any atom is -0.313 e. The fourth-order valence-corrected chi connectivity index (χ4v) is 3.54. The van der Waals surface area contributed by atoms with Crippen LogP contribution < -0.4 is 5.32 Å². The summed E-state index contributed by atoms with van der Waals surface area (Å²) in [6.45, 7) is 7.84. The molecule has 1 heteroatoms. The molecule has 1 nitrogen and oxygen atoms in total. The van der Waals surface area contributed by atoms with Gasteiger partial charge >= 0.3 is 0 Å². The van der Waals surface area contributed by atoms with Crippen LogP contribution in [0.4, 0.5) is 0 Å². The van der Waals surface area contributed by atoms with E-state index in [0.29, 0.717) is 6.04 Å². The summed E-state index contributed by atoms with van der Waals surface area (Å²) in [5.41, 5.74) is 4.31. The second kappa shape index (κ2) is 7.09. The highest BCUT2D eigenvalue weighted by atomic mass is 14.9. The molecule has 2 rings (SSSR count). The Kier molecular flexibility index (Phi) is 5.45. The van der Waals surface area contributed by atoms with Crippen molar-refractivity contribution < 1.29 is 0 Å². The molecule has 1 N–H and O–H groups in total. The summed E-state index contributed by atoms with van der Waals surface area (Å²) in [4.78, 5) is 0. The smallest absolute Gasteiger partial charge is 0.0136 e. The monoisotopic (exact) mass is 259 g/mol. The lowest BCUT2D eigenvalue weighted by atomic mass is 9.91. The molecule has 0 saturated heterocycles. The molecule has 0 bridgehead atoms. The lowest BCUT2D eigenvalue weighted by molar-refractivity contribution is 0.356. The van der Waals surface area contributed by atoms with Gasteiger partial charge in [0.2, 0.25) is 0 Å². The van der Waals surface area contributed by atoms with Crippen LogP contribution >= 0.6 is 0 Å². The van der Waals surface area contributed by atoms with E-state index >= 15 is 0 Å². The van der Waals surface area contributed by atoms with E-state index in [0.717, 1.165) is 12.5 Å². The summed E-state index contributed by atoms with van der Waals surface area (Å²) < 4.78 is 0. The van der Waals surface area contributed by atoms with Gasteiger partial charge in [0, 0.05) is 6.04 Å². The van der Waals surface area contributed by atoms with Crippen LogP contribution in [-0.2, 0) is 6.42 Å². The Balaban J connectivity index is 2.05. The summed E-state index contributed by atoms with van der Waals surface area (Å²) in [5.74, 6) is 0.896. The van der Waals surface area contributed by atoms with Gasteiger partial charge in [-0.05, 0) is 57.6 Å². The fraction of sp³-hybridized carbons (Fsp3) is 0.667. The zero-order valence-electron chi connectivity index (χ0n) is 12.8. The number of hydrogen-bond acceptors (Lipinski definition) is 1. The van der Waals surface area contributed by atoms with Crippen molar-refractivity contribution >= 4 is 0 Å². The minimum atomic E-state index is 0.684. The van der Waals surface area contributed by atoms with Gasteiger partial charge in [-0.25, -0.2) is 0 Å². The van der Waals surface area contributed by atoms with Gasteiger partial charge in [-0.1, -0.05) is 49.1 Å². The Labute approximate surface area is 118 Å². The Morgan fingerprint density at radius 3 is 2.32 bits per heavy atom. The van der Waals surface area contributed by atoms with Crippen molar-refractivity contribution in [1.82, 2.24) is 5.32 Å². The maximum absolute atomic E-state index is 3.80. The van der Waals surface area contributed by atoms with Gasteiger partial charge < -0.3 is 5.32 Å². The Hall–Kier alpha value is -0.820. The largest absolute Gasteiger partial charge is 0.313 e. The highest BCUT2D eigenvalue weighted by Crippen LogP contribution is 2.29. The van der Waals surface area contributed by atoms with Gasteiger partial charge in [-0.15, -0.1) is 0 Å². The number of aryl methyl sites for hydroxylation is 2. The average molecular weight is 259 g/mol. The van der Waals surface area contributed by atoms with Gasteiger partial charge in [0.15, 0.2) is 0 Å². The molecule has 106 valence electrons. The van der Waals surface area contributed by atoms with Crippen molar-refractivity contribution in [3.63, 3.8) is 0 Å². The molecular weight excluding hydrogens is 230 g/mol. The van der Waals surface area contributed by atoms with Crippen molar-refractivity contribution in [2.75, 3.05) is 6.54 Å². The first-order valence-electron chi connectivity index (χ1n) is 7.99. The summed E-state index contributed by atoms with van der Waals surface area (Å²) >= 11 is 0. The molecule has 0 aliphatic heterocycles. The van der Waals surface area contributed by atoms with Crippen LogP contribution in [-0.4, -0.2) is 12.6 Å². The minimum absolute atomic E-state index is 0.684. The highest BCUT2D eigenvalue weighted by Gasteiger charge is 2.24. The molecule has 19 heavy (non-hydrogen) atoms. The third-order valence-corrected chi connectivity index (χ3v) is 4.36. The Morgan fingerprint density at radius 1 is 1.11 bits per heavy atom. The molecule has 1 atom stereocenters. The van der Waals surface area contributed by atoms with Crippen molar-refractivity contribution in [3.05, 3.63) is 34.9 Å². The molecule has 0 heterocycles. The molecule has 1 aromatic rings. The molecule has 1 aliphatic carbocycles. The van der Waals surface area contributed by atoms with Crippen LogP contribution in [0.15, 0.2) is 18.2 Å². The first-order chi connectivity index (χ1) is 9.19. The number of rotatable bonds is 6. The van der Waals surface area contributed by atoms with Crippen LogP contribution in [0.1, 0.15) is 55.7 Å². The third-order valence-electron chi connectivity index (χ3n) is 4.36. The average Bonchev–Trinajstić information content (AvgIpc) is 2.87. The fourth-order valence-electron chi connectivity index (χ4n) is 3.54.